The molecule has 12 nitrogen and oxygen atoms in total. The summed E-state index contributed by atoms with van der Waals surface area (Å²) in [7, 11) is 1.59. The number of ether oxygens (including phenoxy) is 5. The number of hydrogen-bond acceptors (Lipinski definition) is 11. The molecule has 0 aromatic heterocycles. The van der Waals surface area contributed by atoms with Gasteiger partial charge < -0.3 is 28.6 Å². The van der Waals surface area contributed by atoms with Crippen molar-refractivity contribution in [2.45, 2.75) is 118 Å². The minimum Gasteiger partial charge on any atom is -0.462 e. The highest BCUT2D eigenvalue weighted by molar-refractivity contribution is 5.72. The van der Waals surface area contributed by atoms with Gasteiger partial charge in [-0.25, -0.2) is 0 Å². The predicted molar refractivity (Wildman–Crippen MR) is 184 cm³/mol. The van der Waals surface area contributed by atoms with E-state index in [2.05, 4.69) is 6.58 Å². The molecule has 4 rings (SSSR count). The molecule has 0 heterocycles. The van der Waals surface area contributed by atoms with E-state index < -0.39 is 83.2 Å². The maximum absolute atomic E-state index is 13.7. The Hall–Kier alpha value is -4.48. The first-order chi connectivity index (χ1) is 23.8. The van der Waals surface area contributed by atoms with E-state index in [1.807, 2.05) is 58.0 Å². The molecule has 1 aromatic rings. The van der Waals surface area contributed by atoms with Crippen LogP contribution in [0.4, 0.5) is 0 Å². The number of nitrogens with zero attached hydrogens (tertiary/aromatic N) is 1. The molecule has 51 heavy (non-hydrogen) atoms. The summed E-state index contributed by atoms with van der Waals surface area (Å²) in [6, 6.07) is 8.52. The van der Waals surface area contributed by atoms with Crippen LogP contribution >= 0.6 is 0 Å². The zero-order valence-corrected chi connectivity index (χ0v) is 31.1. The molecule has 0 aliphatic heterocycles. The number of carbonyl (C=O) groups excluding carboxylic acids is 6. The number of amides is 1. The summed E-state index contributed by atoms with van der Waals surface area (Å²) < 4.78 is 30.2. The van der Waals surface area contributed by atoms with Crippen molar-refractivity contribution in [2.24, 2.45) is 22.7 Å². The molecule has 2 bridgehead atoms. The third-order valence-corrected chi connectivity index (χ3v) is 11.2. The van der Waals surface area contributed by atoms with E-state index in [0.717, 1.165) is 5.56 Å². The Morgan fingerprint density at radius 2 is 1.43 bits per heavy atom. The fourth-order valence-corrected chi connectivity index (χ4v) is 8.72. The third kappa shape index (κ3) is 8.05. The minimum absolute atomic E-state index is 0.0105. The fraction of sp³-hybridized carbons (Fsp3) is 0.590. The summed E-state index contributed by atoms with van der Waals surface area (Å²) in [6.07, 6.45) is -3.57. The lowest BCUT2D eigenvalue weighted by atomic mass is 9.49. The molecular formula is C39H51NO11. The van der Waals surface area contributed by atoms with Gasteiger partial charge in [-0.1, -0.05) is 57.7 Å². The highest BCUT2D eigenvalue weighted by atomic mass is 16.6. The van der Waals surface area contributed by atoms with Crippen LogP contribution in [0.1, 0.15) is 92.7 Å². The maximum atomic E-state index is 13.7. The highest BCUT2D eigenvalue weighted by Crippen LogP contribution is 2.61. The lowest BCUT2D eigenvalue weighted by molar-refractivity contribution is -0.212. The zero-order valence-electron chi connectivity index (χ0n) is 31.1. The highest BCUT2D eigenvalue weighted by Gasteiger charge is 2.64. The third-order valence-electron chi connectivity index (χ3n) is 11.2. The molecule has 3 aliphatic rings. The van der Waals surface area contributed by atoms with Crippen molar-refractivity contribution in [1.29, 1.82) is 0 Å². The number of rotatable bonds is 10. The Bertz CT molecular complexity index is 1580. The van der Waals surface area contributed by atoms with Gasteiger partial charge in [-0.05, 0) is 59.3 Å². The number of carbonyl (C=O) groups is 6. The van der Waals surface area contributed by atoms with Crippen molar-refractivity contribution in [3.8, 4) is 0 Å². The molecule has 0 saturated heterocycles. The van der Waals surface area contributed by atoms with Crippen molar-refractivity contribution in [1.82, 2.24) is 4.90 Å². The number of fused-ring (bicyclic) bond motifs is 3. The molecule has 1 amide bonds. The van der Waals surface area contributed by atoms with E-state index in [-0.39, 0.29) is 18.8 Å². The molecule has 2 fully saturated rings. The number of esters is 5. The number of benzene rings is 1. The molecule has 0 spiro atoms. The first-order valence-electron chi connectivity index (χ1n) is 17.3. The Balaban J connectivity index is 1.86. The Morgan fingerprint density at radius 1 is 0.843 bits per heavy atom. The van der Waals surface area contributed by atoms with E-state index in [1.54, 1.807) is 7.05 Å². The summed E-state index contributed by atoms with van der Waals surface area (Å²) in [5.41, 5.74) is 0.731. The smallest absolute Gasteiger partial charge is 0.308 e. The predicted octanol–water partition coefficient (Wildman–Crippen LogP) is 5.19. The van der Waals surface area contributed by atoms with Crippen LogP contribution in [-0.4, -0.2) is 78.7 Å². The van der Waals surface area contributed by atoms with E-state index >= 15 is 0 Å². The summed E-state index contributed by atoms with van der Waals surface area (Å²) in [5, 5.41) is 0. The summed E-state index contributed by atoms with van der Waals surface area (Å²) in [5.74, 6) is -3.76. The van der Waals surface area contributed by atoms with Crippen LogP contribution in [0.25, 0.3) is 0 Å². The zero-order chi connectivity index (χ0) is 38.0. The second-order valence-corrected chi connectivity index (χ2v) is 14.9. The molecule has 0 N–H and O–H groups in total. The van der Waals surface area contributed by atoms with Crippen molar-refractivity contribution in [2.75, 3.05) is 7.05 Å². The van der Waals surface area contributed by atoms with E-state index in [9.17, 15) is 28.8 Å². The van der Waals surface area contributed by atoms with Crippen molar-refractivity contribution in [3.05, 3.63) is 59.2 Å². The second kappa shape index (κ2) is 15.4. The van der Waals surface area contributed by atoms with Gasteiger partial charge in [-0.3, -0.25) is 28.8 Å². The van der Waals surface area contributed by atoms with Crippen LogP contribution < -0.4 is 0 Å². The first kappa shape index (κ1) is 39.3. The molecule has 0 unspecified atom stereocenters. The minimum atomic E-state index is -1.23. The van der Waals surface area contributed by atoms with Crippen LogP contribution in [0.15, 0.2) is 53.6 Å². The van der Waals surface area contributed by atoms with Crippen LogP contribution in [-0.2, 0) is 52.5 Å². The molecule has 1 aromatic carbocycles. The van der Waals surface area contributed by atoms with E-state index in [0.29, 0.717) is 36.0 Å². The number of hydrogen-bond donors (Lipinski definition) is 0. The molecule has 12 heteroatoms. The van der Waals surface area contributed by atoms with Gasteiger partial charge in [0, 0.05) is 41.2 Å². The summed E-state index contributed by atoms with van der Waals surface area (Å²) in [4.78, 5) is 77.7. The van der Waals surface area contributed by atoms with Gasteiger partial charge in [0.25, 0.3) is 0 Å². The Morgan fingerprint density at radius 3 is 1.98 bits per heavy atom. The van der Waals surface area contributed by atoms with Gasteiger partial charge in [-0.2, -0.15) is 0 Å². The van der Waals surface area contributed by atoms with Gasteiger partial charge in [0.2, 0.25) is 6.41 Å². The standard InChI is InChI=1S/C39H51NO11/c1-21-29-16-28-17-31(47-23(3)42)22(2)35(38(28,7)8)36(49-25(5)44)37(50-26(6)45)39(29,9)33(48-24(4)43)19-32(21)51-34(46)18-30(40(10)20-41)27-14-12-11-13-15-27/h11-15,20,28-33,36-37H,1,16-19H2,2-10H3/t28-,29-,30-,31+,32+,33+,36-,37+,39+/m1/s1. The topological polar surface area (TPSA) is 152 Å². The second-order valence-electron chi connectivity index (χ2n) is 14.9. The Kier molecular flexibility index (Phi) is 11.9. The summed E-state index contributed by atoms with van der Waals surface area (Å²) in [6.45, 7) is 17.3. The fourth-order valence-electron chi connectivity index (χ4n) is 8.72. The largest absolute Gasteiger partial charge is 0.462 e. The Labute approximate surface area is 299 Å². The van der Waals surface area contributed by atoms with Crippen molar-refractivity contribution >= 4 is 36.3 Å². The van der Waals surface area contributed by atoms with Crippen LogP contribution in [0.2, 0.25) is 0 Å². The average Bonchev–Trinajstić information content (AvgIpc) is 3.03. The van der Waals surface area contributed by atoms with Crippen molar-refractivity contribution < 1.29 is 52.5 Å². The quantitative estimate of drug-likeness (QED) is 0.137. The van der Waals surface area contributed by atoms with Crippen molar-refractivity contribution in [3.63, 3.8) is 0 Å². The normalized spacial score (nSPS) is 30.3. The van der Waals surface area contributed by atoms with Crippen LogP contribution in [0.5, 0.6) is 0 Å². The molecule has 278 valence electrons. The van der Waals surface area contributed by atoms with E-state index in [1.165, 1.54) is 32.6 Å². The van der Waals surface area contributed by atoms with E-state index in [4.69, 9.17) is 23.7 Å². The molecule has 2 saturated carbocycles. The SMILES string of the molecule is C=C1[C@@H](OC(=O)C[C@H](c2ccccc2)N(C)C=O)C[C@H](OC(C)=O)[C@]2(C)[C@@H]1C[C@@H]1C[C@H](OC(C)=O)C(C)=C([C@@H](OC(C)=O)[C@@H]2OC(C)=O)C1(C)C. The lowest BCUT2D eigenvalue weighted by Crippen LogP contribution is -2.64. The molecule has 9 atom stereocenters. The summed E-state index contributed by atoms with van der Waals surface area (Å²) >= 11 is 0. The van der Waals surface area contributed by atoms with Crippen LogP contribution in [0, 0.1) is 22.7 Å². The van der Waals surface area contributed by atoms with Gasteiger partial charge in [0.1, 0.15) is 18.3 Å². The van der Waals surface area contributed by atoms with Gasteiger partial charge in [0.15, 0.2) is 12.2 Å². The van der Waals surface area contributed by atoms with Crippen LogP contribution in [0.3, 0.4) is 0 Å². The lowest BCUT2D eigenvalue weighted by Gasteiger charge is -2.59. The average molecular weight is 710 g/mol. The molecule has 3 aliphatic carbocycles. The van der Waals surface area contributed by atoms with Gasteiger partial charge >= 0.3 is 29.8 Å². The molecule has 0 radical (unpaired) electrons. The first-order valence-corrected chi connectivity index (χ1v) is 17.3. The monoisotopic (exact) mass is 709 g/mol. The maximum Gasteiger partial charge on any atom is 0.308 e. The molecular weight excluding hydrogens is 658 g/mol. The van der Waals surface area contributed by atoms with Gasteiger partial charge in [-0.15, -0.1) is 0 Å². The van der Waals surface area contributed by atoms with Gasteiger partial charge in [0.05, 0.1) is 17.9 Å².